The van der Waals surface area contributed by atoms with Gasteiger partial charge >= 0.3 is 0 Å². The van der Waals surface area contributed by atoms with Crippen LogP contribution in [0.5, 0.6) is 0 Å². The molecule has 1 aliphatic carbocycles. The Hall–Kier alpha value is -5.25. The van der Waals surface area contributed by atoms with Crippen LogP contribution in [0, 0.1) is 0 Å². The number of nitrogens with zero attached hydrogens (tertiary/aromatic N) is 3. The maximum Gasteiger partial charge on any atom is 0.161 e. The van der Waals surface area contributed by atoms with Gasteiger partial charge in [-0.25, -0.2) is 9.97 Å². The van der Waals surface area contributed by atoms with E-state index in [1.54, 1.807) is 0 Å². The molecule has 0 fully saturated rings. The lowest BCUT2D eigenvalue weighted by Gasteiger charge is -2.29. The van der Waals surface area contributed by atoms with E-state index in [1.807, 2.05) is 18.2 Å². The average molecular weight is 584 g/mol. The van der Waals surface area contributed by atoms with Crippen molar-refractivity contribution in [3.63, 3.8) is 0 Å². The summed E-state index contributed by atoms with van der Waals surface area (Å²) in [4.78, 5) is 13.2. The second-order valence-electron chi connectivity index (χ2n) is 11.4. The van der Waals surface area contributed by atoms with Crippen molar-refractivity contribution in [2.45, 2.75) is 12.5 Å². The number of aromatic nitrogens is 2. The second kappa shape index (κ2) is 9.90. The van der Waals surface area contributed by atoms with E-state index in [0.29, 0.717) is 0 Å². The van der Waals surface area contributed by atoms with Crippen LogP contribution < -0.4 is 15.3 Å². The molecule has 2 heterocycles. The van der Waals surface area contributed by atoms with E-state index in [-0.39, 0.29) is 6.04 Å². The molecule has 1 atom stereocenters. The molecule has 0 N–H and O–H groups in total. The van der Waals surface area contributed by atoms with E-state index >= 15 is 0 Å². The molecular formula is C40H26ClN3. The van der Waals surface area contributed by atoms with E-state index in [4.69, 9.17) is 21.6 Å². The fraction of sp³-hybridized carbons (Fsp3) is 0.0500. The lowest BCUT2D eigenvalue weighted by Crippen LogP contribution is -2.38. The van der Waals surface area contributed by atoms with Crippen LogP contribution in [0.25, 0.3) is 55.8 Å². The molecule has 208 valence electrons. The Bertz CT molecular complexity index is 2400. The van der Waals surface area contributed by atoms with Crippen LogP contribution in [0.15, 0.2) is 133 Å². The number of hydrogen-bond acceptors (Lipinski definition) is 3. The fourth-order valence-corrected chi connectivity index (χ4v) is 7.27. The number of halogens is 1. The van der Waals surface area contributed by atoms with Gasteiger partial charge in [-0.3, -0.25) is 0 Å². The summed E-state index contributed by atoms with van der Waals surface area (Å²) >= 11 is 6.64. The third-order valence-corrected chi connectivity index (χ3v) is 9.24. The lowest BCUT2D eigenvalue weighted by atomic mass is 9.92. The van der Waals surface area contributed by atoms with Crippen molar-refractivity contribution >= 4 is 56.6 Å². The Morgan fingerprint density at radius 1 is 0.614 bits per heavy atom. The third-order valence-electron chi connectivity index (χ3n) is 9.01. The molecule has 1 unspecified atom stereocenters. The summed E-state index contributed by atoms with van der Waals surface area (Å²) in [5.74, 6) is 0.859. The first-order chi connectivity index (χ1) is 21.7. The summed E-state index contributed by atoms with van der Waals surface area (Å²) in [7, 11) is 0. The van der Waals surface area contributed by atoms with Gasteiger partial charge in [0.15, 0.2) is 5.82 Å². The number of para-hydroxylation sites is 2. The van der Waals surface area contributed by atoms with Crippen LogP contribution >= 0.6 is 11.6 Å². The summed E-state index contributed by atoms with van der Waals surface area (Å²) < 4.78 is 0. The van der Waals surface area contributed by atoms with Crippen LogP contribution in [-0.2, 0) is 0 Å². The van der Waals surface area contributed by atoms with E-state index in [9.17, 15) is 0 Å². The number of rotatable bonds is 3. The van der Waals surface area contributed by atoms with Gasteiger partial charge in [-0.05, 0) is 74.7 Å². The zero-order valence-corrected chi connectivity index (χ0v) is 24.5. The second-order valence-corrected chi connectivity index (χ2v) is 11.9. The fourth-order valence-electron chi connectivity index (χ4n) is 7.09. The number of hydrogen-bond donors (Lipinski definition) is 0. The van der Waals surface area contributed by atoms with Gasteiger partial charge in [-0.15, -0.1) is 0 Å². The molecule has 6 aromatic carbocycles. The molecule has 0 spiro atoms. The molecule has 0 radical (unpaired) electrons. The molecule has 3 nitrogen and oxygen atoms in total. The molecule has 1 aliphatic heterocycles. The minimum absolute atomic E-state index is 0.0717. The number of benzene rings is 6. The first-order valence-corrected chi connectivity index (χ1v) is 15.4. The molecule has 2 aliphatic rings. The standard InChI is InChI=1S/C40H26ClN3/c41-27-19-23-36-33(24-27)38-29-13-5-4-12-26(29)18-22-37(38)44(36)40-39(42-34-16-8-9-17-35(34)43-40)32-21-20-28(25-10-2-1-3-11-25)30-14-6-7-15-31(30)32/h1-21,23-24,37H,22H2. The van der Waals surface area contributed by atoms with E-state index in [1.165, 1.54) is 32.5 Å². The highest BCUT2D eigenvalue weighted by Gasteiger charge is 2.38. The Balaban J connectivity index is 1.35. The van der Waals surface area contributed by atoms with E-state index < -0.39 is 0 Å². The highest BCUT2D eigenvalue weighted by Crippen LogP contribution is 2.49. The van der Waals surface area contributed by atoms with Crippen molar-refractivity contribution in [1.29, 1.82) is 0 Å². The summed E-state index contributed by atoms with van der Waals surface area (Å²) in [5, 5.41) is 5.59. The Morgan fingerprint density at radius 2 is 1.30 bits per heavy atom. The van der Waals surface area contributed by atoms with Crippen LogP contribution in [0.4, 0.5) is 11.5 Å². The molecule has 1 aromatic heterocycles. The predicted molar refractivity (Wildman–Crippen MR) is 183 cm³/mol. The molecule has 7 aromatic rings. The van der Waals surface area contributed by atoms with Gasteiger partial charge in [-0.2, -0.15) is 0 Å². The first-order valence-electron chi connectivity index (χ1n) is 15.0. The monoisotopic (exact) mass is 583 g/mol. The average Bonchev–Trinajstić information content (AvgIpc) is 3.41. The van der Waals surface area contributed by atoms with Crippen molar-refractivity contribution in [3.05, 3.63) is 154 Å². The minimum Gasteiger partial charge on any atom is -0.316 e. The van der Waals surface area contributed by atoms with E-state index in [0.717, 1.165) is 56.2 Å². The Labute approximate surface area is 260 Å². The highest BCUT2D eigenvalue weighted by atomic mass is 35.5. The maximum absolute atomic E-state index is 6.64. The maximum atomic E-state index is 6.64. The quantitative estimate of drug-likeness (QED) is 0.208. The smallest absolute Gasteiger partial charge is 0.161 e. The minimum atomic E-state index is 0.0717. The molecular weight excluding hydrogens is 558 g/mol. The molecule has 0 amide bonds. The van der Waals surface area contributed by atoms with Crippen molar-refractivity contribution in [2.75, 3.05) is 4.90 Å². The van der Waals surface area contributed by atoms with Gasteiger partial charge < -0.3 is 4.90 Å². The van der Waals surface area contributed by atoms with Gasteiger partial charge in [0.1, 0.15) is 5.69 Å². The van der Waals surface area contributed by atoms with Crippen molar-refractivity contribution in [2.24, 2.45) is 0 Å². The lowest BCUT2D eigenvalue weighted by molar-refractivity contribution is 0.832. The zero-order chi connectivity index (χ0) is 29.2. The summed E-state index contributed by atoms with van der Waals surface area (Å²) in [6, 6.07) is 46.8. The Morgan fingerprint density at radius 3 is 2.14 bits per heavy atom. The van der Waals surface area contributed by atoms with Gasteiger partial charge in [0, 0.05) is 16.1 Å². The molecule has 0 saturated heterocycles. The van der Waals surface area contributed by atoms with E-state index in [2.05, 4.69) is 126 Å². The van der Waals surface area contributed by atoms with Gasteiger partial charge in [0.2, 0.25) is 0 Å². The molecule has 4 heteroatoms. The summed E-state index contributed by atoms with van der Waals surface area (Å²) in [6.45, 7) is 0. The third kappa shape index (κ3) is 3.83. The van der Waals surface area contributed by atoms with Crippen LogP contribution in [0.3, 0.4) is 0 Å². The van der Waals surface area contributed by atoms with Gasteiger partial charge in [-0.1, -0.05) is 121 Å². The number of anilines is 2. The first kappa shape index (κ1) is 25.3. The summed E-state index contributed by atoms with van der Waals surface area (Å²) in [5.41, 5.74) is 9.66. The van der Waals surface area contributed by atoms with Crippen molar-refractivity contribution in [1.82, 2.24) is 9.97 Å². The largest absolute Gasteiger partial charge is 0.316 e. The molecule has 44 heavy (non-hydrogen) atoms. The summed E-state index contributed by atoms with van der Waals surface area (Å²) in [6.07, 6.45) is 3.21. The molecule has 9 rings (SSSR count). The normalized spacial score (nSPS) is 15.2. The van der Waals surface area contributed by atoms with Crippen LogP contribution in [0.1, 0.15) is 12.0 Å². The molecule has 0 bridgehead atoms. The van der Waals surface area contributed by atoms with Crippen LogP contribution in [-0.4, -0.2) is 16.0 Å². The van der Waals surface area contributed by atoms with Gasteiger partial charge in [0.25, 0.3) is 0 Å². The number of fused-ring (bicyclic) bond motifs is 6. The molecule has 0 saturated carbocycles. The van der Waals surface area contributed by atoms with Crippen molar-refractivity contribution in [3.8, 4) is 22.4 Å². The SMILES string of the molecule is Clc1ccc2c(c1)C1=c3ccccc3=CCC1N2c1nc2ccccc2nc1-c1ccc(-c2ccccc2)c2ccccc12. The van der Waals surface area contributed by atoms with Crippen molar-refractivity contribution < 1.29 is 0 Å². The van der Waals surface area contributed by atoms with Crippen LogP contribution in [0.2, 0.25) is 5.02 Å². The topological polar surface area (TPSA) is 29.0 Å². The zero-order valence-electron chi connectivity index (χ0n) is 23.8. The highest BCUT2D eigenvalue weighted by molar-refractivity contribution is 6.31. The Kier molecular flexibility index (Phi) is 5.69. The predicted octanol–water partition coefficient (Wildman–Crippen LogP) is 8.67. The van der Waals surface area contributed by atoms with Gasteiger partial charge in [0.05, 0.1) is 22.8 Å².